The number of aromatic amines is 1. The predicted molar refractivity (Wildman–Crippen MR) is 128 cm³/mol. The molecule has 3 rings (SSSR count). The van der Waals surface area contributed by atoms with Crippen LogP contribution in [-0.2, 0) is 15.1 Å². The number of hydrogen-bond donors (Lipinski definition) is 2. The number of ether oxygens (including phenoxy) is 1. The maximum atomic E-state index is 12.9. The number of aromatic nitrogens is 2. The first-order valence-electron chi connectivity index (χ1n) is 10.5. The molecule has 2 amide bonds. The van der Waals surface area contributed by atoms with Gasteiger partial charge in [-0.1, -0.05) is 37.6 Å². The van der Waals surface area contributed by atoms with Crippen LogP contribution in [0.1, 0.15) is 63.6 Å². The lowest BCUT2D eigenvalue weighted by Gasteiger charge is -2.33. The van der Waals surface area contributed by atoms with Crippen LogP contribution in [0.2, 0.25) is 0 Å². The summed E-state index contributed by atoms with van der Waals surface area (Å²) in [5.41, 5.74) is 5.93. The molecule has 2 heterocycles. The van der Waals surface area contributed by atoms with Crippen molar-refractivity contribution in [1.29, 1.82) is 0 Å². The number of hydrogen-bond acceptors (Lipinski definition) is 7. The fraction of sp³-hybridized carbons (Fsp3) is 0.545. The Balaban J connectivity index is 1.69. The molecule has 1 aliphatic heterocycles. The summed E-state index contributed by atoms with van der Waals surface area (Å²) in [5, 5.41) is 0.0569. The number of primary amides is 1. The fourth-order valence-corrected chi connectivity index (χ4v) is 5.83. The van der Waals surface area contributed by atoms with Crippen molar-refractivity contribution in [2.24, 2.45) is 11.1 Å². The molecular weight excluding hydrogens is 448 g/mol. The summed E-state index contributed by atoms with van der Waals surface area (Å²) >= 11 is 0. The lowest BCUT2D eigenvalue weighted by molar-refractivity contribution is -0.117. The molecule has 1 aliphatic rings. The predicted octanol–water partition coefficient (Wildman–Crippen LogP) is 4.45. The molecule has 0 aliphatic carbocycles. The Hall–Kier alpha value is -2.20. The van der Waals surface area contributed by atoms with Gasteiger partial charge in [0.05, 0.1) is 11.1 Å². The topological polar surface area (TPSA) is 118 Å². The van der Waals surface area contributed by atoms with Crippen LogP contribution in [0.3, 0.4) is 0 Å². The molecule has 32 heavy (non-hydrogen) atoms. The Labute approximate surface area is 195 Å². The number of likely N-dealkylation sites (tertiary alicyclic amines) is 1. The third kappa shape index (κ3) is 5.06. The molecule has 2 aromatic rings. The van der Waals surface area contributed by atoms with E-state index in [4.69, 9.17) is 10.5 Å². The number of nitrogens with one attached hydrogen (secondary N) is 1. The average molecular weight is 479 g/mol. The van der Waals surface area contributed by atoms with Crippen LogP contribution < -0.4 is 5.73 Å². The van der Waals surface area contributed by atoms with E-state index in [1.807, 2.05) is 40.7 Å². The Morgan fingerprint density at radius 2 is 2.06 bits per heavy atom. The van der Waals surface area contributed by atoms with Gasteiger partial charge in [-0.3, -0.25) is 14.5 Å². The Morgan fingerprint density at radius 1 is 1.34 bits per heavy atom. The summed E-state index contributed by atoms with van der Waals surface area (Å²) in [6, 6.07) is 5.21. The third-order valence-electron chi connectivity index (χ3n) is 5.49. The Morgan fingerprint density at radius 3 is 2.72 bits per heavy atom. The lowest BCUT2D eigenvalue weighted by atomic mass is 9.98. The summed E-state index contributed by atoms with van der Waals surface area (Å²) in [6.07, 6.45) is 1.11. The third-order valence-corrected chi connectivity index (χ3v) is 8.54. The van der Waals surface area contributed by atoms with E-state index in [0.29, 0.717) is 35.4 Å². The van der Waals surface area contributed by atoms with Gasteiger partial charge in [-0.15, -0.1) is 0 Å². The van der Waals surface area contributed by atoms with Gasteiger partial charge < -0.3 is 15.5 Å². The molecule has 174 valence electrons. The summed E-state index contributed by atoms with van der Waals surface area (Å²) in [5.74, 6) is 0.0557. The largest absolute Gasteiger partial charge is 0.448 e. The molecule has 0 saturated carbocycles. The highest BCUT2D eigenvalue weighted by atomic mass is 33.1. The normalized spacial score (nSPS) is 19.8. The van der Waals surface area contributed by atoms with Crippen molar-refractivity contribution in [3.63, 3.8) is 0 Å². The van der Waals surface area contributed by atoms with Crippen LogP contribution in [0.5, 0.6) is 0 Å². The van der Waals surface area contributed by atoms with E-state index in [2.05, 4.69) is 9.97 Å². The molecule has 1 aromatic heterocycles. The monoisotopic (exact) mass is 478 g/mol. The van der Waals surface area contributed by atoms with Crippen molar-refractivity contribution in [3.8, 4) is 0 Å². The van der Waals surface area contributed by atoms with E-state index in [0.717, 1.165) is 6.42 Å². The molecule has 0 spiro atoms. The number of carbonyl (C=O) groups is 3. The molecule has 2 atom stereocenters. The number of carbonyl (C=O) groups excluding carboxylic acids is 3. The number of fused-ring (bicyclic) bond motifs is 1. The zero-order valence-electron chi connectivity index (χ0n) is 19.1. The summed E-state index contributed by atoms with van der Waals surface area (Å²) in [6.45, 7) is 10.3. The number of para-hydroxylation sites is 1. The van der Waals surface area contributed by atoms with E-state index in [-0.39, 0.29) is 17.0 Å². The minimum Gasteiger partial charge on any atom is -0.448 e. The highest BCUT2D eigenvalue weighted by Crippen LogP contribution is 2.39. The lowest BCUT2D eigenvalue weighted by Crippen LogP contribution is -2.44. The first kappa shape index (κ1) is 24.4. The number of imidazole rings is 1. The van der Waals surface area contributed by atoms with Gasteiger partial charge in [-0.25, -0.2) is 9.78 Å². The number of benzene rings is 1. The van der Waals surface area contributed by atoms with Crippen molar-refractivity contribution in [2.45, 2.75) is 58.2 Å². The van der Waals surface area contributed by atoms with Gasteiger partial charge in [0, 0.05) is 17.2 Å². The maximum absolute atomic E-state index is 12.9. The van der Waals surface area contributed by atoms with E-state index in [1.54, 1.807) is 17.0 Å². The smallest absolute Gasteiger partial charge is 0.410 e. The highest BCUT2D eigenvalue weighted by molar-refractivity contribution is 8.82. The first-order chi connectivity index (χ1) is 14.9. The minimum absolute atomic E-state index is 0.0339. The van der Waals surface area contributed by atoms with Gasteiger partial charge in [-0.2, -0.15) is 0 Å². The van der Waals surface area contributed by atoms with Crippen LogP contribution in [-0.4, -0.2) is 50.4 Å². The number of nitrogens with zero attached hydrogens (tertiary/aromatic N) is 2. The highest BCUT2D eigenvalue weighted by Gasteiger charge is 2.44. The standard InChI is InChI=1S/C22H30N4O4S2/c1-13(31-32-19(28)21(2,3)4)12-30-20(29)26-11-7-10-22(26,5)18-24-15-9-6-8-14(17(23)27)16(15)25-18/h6,8-9,13H,7,10-12H2,1-5H3,(H2,23,27)(H,24,25)/t13-,22-/m1/s1. The molecule has 0 unspecified atom stereocenters. The van der Waals surface area contributed by atoms with E-state index in [1.165, 1.54) is 21.6 Å². The maximum Gasteiger partial charge on any atom is 0.410 e. The summed E-state index contributed by atoms with van der Waals surface area (Å²) in [4.78, 5) is 46.3. The zero-order valence-corrected chi connectivity index (χ0v) is 20.7. The number of amides is 2. The number of rotatable bonds is 6. The molecule has 3 N–H and O–H groups in total. The Kier molecular flexibility index (Phi) is 7.14. The van der Waals surface area contributed by atoms with E-state index < -0.39 is 23.0 Å². The Bertz CT molecular complexity index is 1030. The van der Waals surface area contributed by atoms with Gasteiger partial charge in [0.2, 0.25) is 5.12 Å². The van der Waals surface area contributed by atoms with Crippen molar-refractivity contribution in [1.82, 2.24) is 14.9 Å². The van der Waals surface area contributed by atoms with E-state index >= 15 is 0 Å². The van der Waals surface area contributed by atoms with Gasteiger partial charge >= 0.3 is 6.09 Å². The molecule has 8 nitrogen and oxygen atoms in total. The number of H-pyrrole nitrogens is 1. The molecule has 10 heteroatoms. The second-order valence-electron chi connectivity index (χ2n) is 9.28. The summed E-state index contributed by atoms with van der Waals surface area (Å²) in [7, 11) is 2.61. The van der Waals surface area contributed by atoms with Crippen LogP contribution in [0.4, 0.5) is 4.79 Å². The van der Waals surface area contributed by atoms with Crippen LogP contribution in [0, 0.1) is 5.41 Å². The van der Waals surface area contributed by atoms with Crippen LogP contribution in [0.25, 0.3) is 11.0 Å². The first-order valence-corrected chi connectivity index (χ1v) is 12.8. The van der Waals surface area contributed by atoms with Crippen LogP contribution >= 0.6 is 21.6 Å². The van der Waals surface area contributed by atoms with Crippen molar-refractivity contribution >= 4 is 49.7 Å². The van der Waals surface area contributed by atoms with Gasteiger partial charge in [0.25, 0.3) is 5.91 Å². The van der Waals surface area contributed by atoms with E-state index in [9.17, 15) is 14.4 Å². The quantitative estimate of drug-likeness (QED) is 0.589. The minimum atomic E-state index is -0.682. The fourth-order valence-electron chi connectivity index (χ4n) is 3.53. The molecular formula is C22H30N4O4S2. The van der Waals surface area contributed by atoms with Crippen LogP contribution in [0.15, 0.2) is 18.2 Å². The van der Waals surface area contributed by atoms with Gasteiger partial charge in [0.15, 0.2) is 0 Å². The average Bonchev–Trinajstić information content (AvgIpc) is 3.33. The second kappa shape index (κ2) is 9.35. The molecule has 1 aromatic carbocycles. The zero-order chi connectivity index (χ0) is 23.7. The second-order valence-corrected chi connectivity index (χ2v) is 11.9. The summed E-state index contributed by atoms with van der Waals surface area (Å²) < 4.78 is 5.58. The van der Waals surface area contributed by atoms with Gasteiger partial charge in [0.1, 0.15) is 23.5 Å². The van der Waals surface area contributed by atoms with Crippen molar-refractivity contribution in [2.75, 3.05) is 13.2 Å². The molecule has 0 radical (unpaired) electrons. The molecule has 1 saturated heterocycles. The van der Waals surface area contributed by atoms with Gasteiger partial charge in [-0.05, 0) is 49.6 Å². The molecule has 0 bridgehead atoms. The van der Waals surface area contributed by atoms with Crippen molar-refractivity contribution in [3.05, 3.63) is 29.6 Å². The number of nitrogens with two attached hydrogens (primary N) is 1. The van der Waals surface area contributed by atoms with Crippen molar-refractivity contribution < 1.29 is 19.1 Å². The molecule has 1 fully saturated rings. The SMILES string of the molecule is C[C@H](COC(=O)N1CCC[C@]1(C)c1nc2c(C(N)=O)cccc2[nH]1)SSC(=O)C(C)(C)C.